The number of esters is 1. The van der Waals surface area contributed by atoms with Crippen LogP contribution in [0.5, 0.6) is 5.75 Å². The molecule has 0 aromatic heterocycles. The Morgan fingerprint density at radius 2 is 1.33 bits per heavy atom. The van der Waals surface area contributed by atoms with Crippen molar-refractivity contribution in [3.05, 3.63) is 65.7 Å². The SMILES string of the molecule is CCOC(=O)C[C@H](O)[C@H](Cc1ccccc1)NC(=O)C[C@H](O)[C@H](CC(C)C)NC(=O)[C@H](CC(C)C)N(C)C(=O)[C@H](Cc1ccc(OC)cc1)NC(=O)OC(C)(C)C. The van der Waals surface area contributed by atoms with Crippen molar-refractivity contribution in [1.29, 1.82) is 0 Å². The first-order chi connectivity index (χ1) is 26.7. The van der Waals surface area contributed by atoms with Crippen molar-refractivity contribution in [3.8, 4) is 5.75 Å². The van der Waals surface area contributed by atoms with E-state index in [2.05, 4.69) is 16.0 Å². The van der Waals surface area contributed by atoms with Crippen LogP contribution >= 0.6 is 0 Å². The number of methoxy groups -OCH3 is 1. The number of benzene rings is 2. The molecule has 0 aliphatic carbocycles. The highest BCUT2D eigenvalue weighted by Crippen LogP contribution is 2.19. The maximum Gasteiger partial charge on any atom is 0.408 e. The summed E-state index contributed by atoms with van der Waals surface area (Å²) in [5.41, 5.74) is 0.734. The maximum absolute atomic E-state index is 14.2. The highest BCUT2D eigenvalue weighted by atomic mass is 16.6. The number of nitrogens with one attached hydrogen (secondary N) is 3. The molecule has 0 aliphatic rings. The zero-order chi connectivity index (χ0) is 42.9. The number of carbonyl (C=O) groups is 5. The second kappa shape index (κ2) is 23.5. The summed E-state index contributed by atoms with van der Waals surface area (Å²) in [5, 5.41) is 30.8. The first-order valence-corrected chi connectivity index (χ1v) is 19.8. The van der Waals surface area contributed by atoms with Crippen LogP contribution in [-0.4, -0.2) is 108 Å². The standard InChI is InChI=1S/C43H66N4O10/c1-11-56-39(51)26-37(49)33(23-29-15-13-12-14-16-29)44-38(50)25-36(48)32(21-27(2)3)45-40(52)35(22-28(4)5)47(9)41(53)34(46-42(54)57-43(6,7)8)24-30-17-19-31(55-10)20-18-30/h12-20,27-28,32-37,48-49H,11,21-26H2,1-10H3,(H,44,50)(H,45,52)(H,46,54)/t32-,33-,34-,35-,36-,37-/m0/s1. The molecule has 2 rings (SSSR count). The largest absolute Gasteiger partial charge is 0.497 e. The minimum Gasteiger partial charge on any atom is -0.497 e. The van der Waals surface area contributed by atoms with Gasteiger partial charge in [-0.1, -0.05) is 70.2 Å². The second-order valence-electron chi connectivity index (χ2n) is 16.3. The van der Waals surface area contributed by atoms with Crippen molar-refractivity contribution in [2.45, 2.75) is 136 Å². The Bertz CT molecular complexity index is 1560. The molecule has 0 unspecified atom stereocenters. The van der Waals surface area contributed by atoms with Gasteiger partial charge in [-0.05, 0) is 82.1 Å². The average Bonchev–Trinajstić information content (AvgIpc) is 3.12. The Balaban J connectivity index is 2.32. The van der Waals surface area contributed by atoms with Crippen molar-refractivity contribution in [2.24, 2.45) is 11.8 Å². The number of ether oxygens (including phenoxy) is 3. The molecule has 5 N–H and O–H groups in total. The molecule has 0 bridgehead atoms. The molecule has 0 saturated carbocycles. The predicted octanol–water partition coefficient (Wildman–Crippen LogP) is 4.33. The Kier molecular flexibility index (Phi) is 20.0. The van der Waals surface area contributed by atoms with Gasteiger partial charge >= 0.3 is 12.1 Å². The molecular formula is C43H66N4O10. The number of hydrogen-bond donors (Lipinski definition) is 5. The molecule has 0 fully saturated rings. The second-order valence-corrected chi connectivity index (χ2v) is 16.3. The number of rotatable bonds is 22. The number of carbonyl (C=O) groups excluding carboxylic acids is 5. The minimum atomic E-state index is -1.34. The van der Waals surface area contributed by atoms with Gasteiger partial charge in [-0.25, -0.2) is 4.79 Å². The van der Waals surface area contributed by atoms with Gasteiger partial charge in [0.2, 0.25) is 17.7 Å². The quantitative estimate of drug-likeness (QED) is 0.107. The maximum atomic E-state index is 14.2. The van der Waals surface area contributed by atoms with E-state index in [4.69, 9.17) is 14.2 Å². The molecule has 0 radical (unpaired) electrons. The minimum absolute atomic E-state index is 0.0000525. The number of likely N-dealkylation sites (N-methyl/N-ethyl adjacent to an activating group) is 1. The summed E-state index contributed by atoms with van der Waals surface area (Å²) >= 11 is 0. The van der Waals surface area contributed by atoms with Gasteiger partial charge in [-0.15, -0.1) is 0 Å². The summed E-state index contributed by atoms with van der Waals surface area (Å²) in [6.07, 6.45) is -3.24. The van der Waals surface area contributed by atoms with Gasteiger partial charge in [0.1, 0.15) is 23.4 Å². The van der Waals surface area contributed by atoms with Crippen molar-refractivity contribution in [3.63, 3.8) is 0 Å². The van der Waals surface area contributed by atoms with Crippen LogP contribution in [0, 0.1) is 11.8 Å². The van der Waals surface area contributed by atoms with Gasteiger partial charge in [0.05, 0.1) is 50.8 Å². The first-order valence-electron chi connectivity index (χ1n) is 19.8. The van der Waals surface area contributed by atoms with E-state index in [9.17, 15) is 34.2 Å². The van der Waals surface area contributed by atoms with Gasteiger partial charge in [0.25, 0.3) is 0 Å². The van der Waals surface area contributed by atoms with E-state index in [1.807, 2.05) is 58.0 Å². The number of hydrogen-bond acceptors (Lipinski definition) is 10. The zero-order valence-corrected chi connectivity index (χ0v) is 35.4. The number of alkyl carbamates (subject to hydrolysis) is 1. The van der Waals surface area contributed by atoms with Crippen LogP contribution in [0.15, 0.2) is 54.6 Å². The van der Waals surface area contributed by atoms with Crippen LogP contribution in [-0.2, 0) is 41.5 Å². The molecule has 4 amide bonds. The van der Waals surface area contributed by atoms with Gasteiger partial charge in [0, 0.05) is 13.5 Å². The smallest absolute Gasteiger partial charge is 0.408 e. The lowest BCUT2D eigenvalue weighted by Gasteiger charge is -2.34. The lowest BCUT2D eigenvalue weighted by Crippen LogP contribution is -2.58. The third-order valence-corrected chi connectivity index (χ3v) is 9.10. The van der Waals surface area contributed by atoms with E-state index in [0.717, 1.165) is 11.1 Å². The first kappa shape index (κ1) is 48.5. The summed E-state index contributed by atoms with van der Waals surface area (Å²) in [7, 11) is 3.05. The van der Waals surface area contributed by atoms with Crippen LogP contribution < -0.4 is 20.7 Å². The van der Waals surface area contributed by atoms with Crippen LogP contribution in [0.1, 0.15) is 92.2 Å². The van der Waals surface area contributed by atoms with Crippen molar-refractivity contribution >= 4 is 29.8 Å². The van der Waals surface area contributed by atoms with E-state index in [-0.39, 0.29) is 44.1 Å². The van der Waals surface area contributed by atoms with Crippen LogP contribution in [0.4, 0.5) is 4.79 Å². The fraction of sp³-hybridized carbons (Fsp3) is 0.605. The fourth-order valence-corrected chi connectivity index (χ4v) is 6.32. The average molecular weight is 799 g/mol. The lowest BCUT2D eigenvalue weighted by atomic mass is 9.94. The number of nitrogens with zero attached hydrogens (tertiary/aromatic N) is 1. The Hall–Kier alpha value is -4.69. The van der Waals surface area contributed by atoms with Crippen LogP contribution in [0.3, 0.4) is 0 Å². The number of aliphatic hydroxyl groups is 2. The number of amides is 4. The van der Waals surface area contributed by atoms with Gasteiger partial charge in [0.15, 0.2) is 0 Å². The summed E-state index contributed by atoms with van der Waals surface area (Å²) < 4.78 is 15.7. The Labute approximate surface area is 338 Å². The molecule has 0 spiro atoms. The molecule has 0 saturated heterocycles. The third-order valence-electron chi connectivity index (χ3n) is 9.10. The summed E-state index contributed by atoms with van der Waals surface area (Å²) in [6, 6.07) is 12.4. The van der Waals surface area contributed by atoms with E-state index >= 15 is 0 Å². The molecule has 318 valence electrons. The molecule has 2 aromatic rings. The molecule has 14 heteroatoms. The van der Waals surface area contributed by atoms with Crippen molar-refractivity contribution in [2.75, 3.05) is 20.8 Å². The van der Waals surface area contributed by atoms with Gasteiger partial charge in [-0.2, -0.15) is 0 Å². The van der Waals surface area contributed by atoms with Gasteiger partial charge < -0.3 is 45.3 Å². The molecule has 6 atom stereocenters. The molecular weight excluding hydrogens is 732 g/mol. The highest BCUT2D eigenvalue weighted by Gasteiger charge is 2.36. The van der Waals surface area contributed by atoms with E-state index in [0.29, 0.717) is 12.2 Å². The molecule has 0 heterocycles. The van der Waals surface area contributed by atoms with E-state index in [1.54, 1.807) is 59.1 Å². The molecule has 57 heavy (non-hydrogen) atoms. The van der Waals surface area contributed by atoms with Crippen LogP contribution in [0.25, 0.3) is 0 Å². The monoisotopic (exact) mass is 798 g/mol. The molecule has 0 aliphatic heterocycles. The Morgan fingerprint density at radius 1 is 0.754 bits per heavy atom. The summed E-state index contributed by atoms with van der Waals surface area (Å²) in [6.45, 7) is 14.6. The Morgan fingerprint density at radius 3 is 1.88 bits per heavy atom. The zero-order valence-electron chi connectivity index (χ0n) is 35.4. The summed E-state index contributed by atoms with van der Waals surface area (Å²) in [5.74, 6) is -1.65. The van der Waals surface area contributed by atoms with Crippen molar-refractivity contribution < 1.29 is 48.4 Å². The number of aliphatic hydroxyl groups excluding tert-OH is 2. The van der Waals surface area contributed by atoms with E-state index in [1.165, 1.54) is 11.9 Å². The third kappa shape index (κ3) is 18.0. The van der Waals surface area contributed by atoms with E-state index < -0.39 is 78.2 Å². The summed E-state index contributed by atoms with van der Waals surface area (Å²) in [4.78, 5) is 68.3. The lowest BCUT2D eigenvalue weighted by molar-refractivity contribution is -0.146. The normalized spacial score (nSPS) is 14.7. The molecule has 14 nitrogen and oxygen atoms in total. The van der Waals surface area contributed by atoms with Crippen molar-refractivity contribution in [1.82, 2.24) is 20.9 Å². The molecule has 2 aromatic carbocycles. The van der Waals surface area contributed by atoms with Gasteiger partial charge in [-0.3, -0.25) is 19.2 Å². The highest BCUT2D eigenvalue weighted by molar-refractivity contribution is 5.91. The topological polar surface area (TPSA) is 193 Å². The van der Waals surface area contributed by atoms with Crippen LogP contribution in [0.2, 0.25) is 0 Å². The fourth-order valence-electron chi connectivity index (χ4n) is 6.32. The predicted molar refractivity (Wildman–Crippen MR) is 217 cm³/mol.